The predicted octanol–water partition coefficient (Wildman–Crippen LogP) is 22.3. The van der Waals surface area contributed by atoms with Crippen LogP contribution in [0.5, 0.6) is 0 Å². The minimum absolute atomic E-state index is 0.0922. The van der Waals surface area contributed by atoms with E-state index in [2.05, 4.69) is 64.2 Å². The molecule has 0 saturated carbocycles. The molecular weight excluding hydrogens is 1260 g/mol. The Kier molecular flexibility index (Phi) is 68.7. The lowest BCUT2D eigenvalue weighted by Crippen LogP contribution is -2.30. The average Bonchev–Trinajstić information content (AvgIpc) is 1.29. The first-order valence-corrected chi connectivity index (χ1v) is 42.2. The third kappa shape index (κ3) is 69.7. The second kappa shape index (κ2) is 70.7. The number of ether oxygens (including phenoxy) is 4. The summed E-state index contributed by atoms with van der Waals surface area (Å²) in [4.78, 5) is 72.8. The molecule has 0 spiro atoms. The van der Waals surface area contributed by atoms with E-state index < -0.39 is 97.5 Å². The van der Waals surface area contributed by atoms with Crippen molar-refractivity contribution in [3.05, 3.63) is 36.5 Å². The Bertz CT molecular complexity index is 1970. The van der Waals surface area contributed by atoms with Crippen LogP contribution < -0.4 is 0 Å². The number of hydrogen-bond acceptors (Lipinski definition) is 15. The average molecular weight is 1400 g/mol. The molecule has 0 aromatic carbocycles. The van der Waals surface area contributed by atoms with E-state index >= 15 is 0 Å². The van der Waals surface area contributed by atoms with Crippen molar-refractivity contribution in [2.75, 3.05) is 39.6 Å². The van der Waals surface area contributed by atoms with Crippen LogP contribution >= 0.6 is 15.6 Å². The summed E-state index contributed by atoms with van der Waals surface area (Å²) in [6.07, 6.45) is 65.5. The van der Waals surface area contributed by atoms with E-state index in [0.717, 1.165) is 148 Å². The maximum Gasteiger partial charge on any atom is 0.472 e. The van der Waals surface area contributed by atoms with Crippen LogP contribution in [-0.4, -0.2) is 96.7 Å². The molecule has 0 bridgehead atoms. The first-order chi connectivity index (χ1) is 46.7. The lowest BCUT2D eigenvalue weighted by molar-refractivity contribution is -0.161. The molecule has 0 aliphatic heterocycles. The van der Waals surface area contributed by atoms with Gasteiger partial charge in [0, 0.05) is 25.7 Å². The molecule has 0 radical (unpaired) electrons. The number of phosphoric acid groups is 2. The number of unbranched alkanes of at least 4 members (excludes halogenated alkanes) is 43. The van der Waals surface area contributed by atoms with Gasteiger partial charge < -0.3 is 33.8 Å². The van der Waals surface area contributed by atoms with Gasteiger partial charge in [-0.25, -0.2) is 9.13 Å². The molecule has 0 heterocycles. The number of phosphoric ester groups is 2. The molecule has 19 heteroatoms. The molecular formula is C77H144O17P2. The topological polar surface area (TPSA) is 237 Å². The van der Waals surface area contributed by atoms with Gasteiger partial charge in [0.25, 0.3) is 0 Å². The van der Waals surface area contributed by atoms with Gasteiger partial charge in [0.05, 0.1) is 26.4 Å². The molecule has 0 aliphatic rings. The Morgan fingerprint density at radius 2 is 0.479 bits per heavy atom. The van der Waals surface area contributed by atoms with Gasteiger partial charge in [-0.3, -0.25) is 37.3 Å². The van der Waals surface area contributed by atoms with Gasteiger partial charge in [0.2, 0.25) is 0 Å². The second-order valence-electron chi connectivity index (χ2n) is 26.7. The normalized spacial score (nSPS) is 14.1. The molecule has 3 N–H and O–H groups in total. The van der Waals surface area contributed by atoms with E-state index in [9.17, 15) is 43.2 Å². The molecule has 0 aliphatic carbocycles. The van der Waals surface area contributed by atoms with Crippen molar-refractivity contribution in [3.8, 4) is 0 Å². The van der Waals surface area contributed by atoms with E-state index in [1.807, 2.05) is 0 Å². The van der Waals surface area contributed by atoms with E-state index in [0.29, 0.717) is 25.7 Å². The Labute approximate surface area is 585 Å². The summed E-state index contributed by atoms with van der Waals surface area (Å²) in [6, 6.07) is 0. The monoisotopic (exact) mass is 1400 g/mol. The first kappa shape index (κ1) is 93.3. The summed E-state index contributed by atoms with van der Waals surface area (Å²) in [5.74, 6) is -2.16. The maximum absolute atomic E-state index is 13.1. The van der Waals surface area contributed by atoms with Crippen molar-refractivity contribution < 1.29 is 80.2 Å². The minimum atomic E-state index is -4.97. The Hall–Kier alpha value is -2.72. The van der Waals surface area contributed by atoms with Gasteiger partial charge in [-0.15, -0.1) is 0 Å². The number of aliphatic hydroxyl groups is 1. The van der Waals surface area contributed by atoms with Crippen LogP contribution in [-0.2, 0) is 65.4 Å². The van der Waals surface area contributed by atoms with Crippen LogP contribution in [0.2, 0.25) is 0 Å². The second-order valence-corrected chi connectivity index (χ2v) is 29.6. The van der Waals surface area contributed by atoms with E-state index in [1.54, 1.807) is 0 Å². The molecule has 17 nitrogen and oxygen atoms in total. The summed E-state index contributed by atoms with van der Waals surface area (Å²) in [5, 5.41) is 10.6. The number of carbonyl (C=O) groups is 4. The van der Waals surface area contributed by atoms with Crippen LogP contribution in [0, 0.1) is 0 Å². The zero-order valence-electron chi connectivity index (χ0n) is 61.6. The van der Waals surface area contributed by atoms with Crippen molar-refractivity contribution >= 4 is 39.5 Å². The van der Waals surface area contributed by atoms with Crippen LogP contribution in [0.4, 0.5) is 0 Å². The van der Waals surface area contributed by atoms with Crippen LogP contribution in [0.1, 0.15) is 374 Å². The minimum Gasteiger partial charge on any atom is -0.462 e. The fraction of sp³-hybridized carbons (Fsp3) is 0.870. The Morgan fingerprint density at radius 1 is 0.281 bits per heavy atom. The SMILES string of the molecule is CCCCCC/C=C\CCCCCCCCCC(=O)O[C@H](COC(=O)CCCCCCC/C=C\CCCCCC)COP(=O)(O)OC[C@@H](O)COP(=O)(O)OC[C@@H](COC(=O)CCCCCCCCCCCCCCCCC)OC(=O)CCCCCCC/C=C\CCCCCC. The van der Waals surface area contributed by atoms with Gasteiger partial charge in [-0.05, 0) is 103 Å². The molecule has 96 heavy (non-hydrogen) atoms. The third-order valence-corrected chi connectivity index (χ3v) is 19.0. The van der Waals surface area contributed by atoms with Gasteiger partial charge in [0.15, 0.2) is 12.2 Å². The molecule has 0 fully saturated rings. The zero-order valence-corrected chi connectivity index (χ0v) is 63.4. The van der Waals surface area contributed by atoms with E-state index in [-0.39, 0.29) is 25.7 Å². The van der Waals surface area contributed by atoms with Gasteiger partial charge >= 0.3 is 39.5 Å². The fourth-order valence-corrected chi connectivity index (χ4v) is 12.6. The summed E-state index contributed by atoms with van der Waals surface area (Å²) in [7, 11) is -9.93. The highest BCUT2D eigenvalue weighted by molar-refractivity contribution is 7.47. The number of aliphatic hydroxyl groups excluding tert-OH is 1. The highest BCUT2D eigenvalue weighted by Gasteiger charge is 2.30. The molecule has 0 saturated heterocycles. The van der Waals surface area contributed by atoms with Crippen molar-refractivity contribution in [1.82, 2.24) is 0 Å². The van der Waals surface area contributed by atoms with Crippen molar-refractivity contribution in [3.63, 3.8) is 0 Å². The Morgan fingerprint density at radius 3 is 0.729 bits per heavy atom. The van der Waals surface area contributed by atoms with Gasteiger partial charge in [-0.2, -0.15) is 0 Å². The summed E-state index contributed by atoms with van der Waals surface area (Å²) >= 11 is 0. The number of hydrogen-bond donors (Lipinski definition) is 3. The molecule has 0 aromatic rings. The molecule has 0 amide bonds. The van der Waals surface area contributed by atoms with Crippen LogP contribution in [0.25, 0.3) is 0 Å². The lowest BCUT2D eigenvalue weighted by atomic mass is 10.0. The van der Waals surface area contributed by atoms with Crippen molar-refractivity contribution in [2.24, 2.45) is 0 Å². The van der Waals surface area contributed by atoms with Crippen LogP contribution in [0.3, 0.4) is 0 Å². The highest BCUT2D eigenvalue weighted by Crippen LogP contribution is 2.45. The standard InChI is InChI=1S/C77H144O17P2/c1-5-9-13-17-21-25-29-33-35-39-42-46-50-54-58-62-75(80)88-68-72(93-76(81)63-59-55-51-47-43-38-32-28-24-20-16-12-8-4)69-91-95(83,84)89-65-71(78)66-90-96(85,86)92-70-73(67-87-74(79)61-57-53-49-45-41-37-31-27-23-19-15-11-7-3)94-77(82)64-60-56-52-48-44-40-36-34-30-26-22-18-14-10-6-2/h26-28,30-32,71-73,78H,5-25,29,33-70H2,1-4H3,(H,83,84)(H,85,86)/b30-26-,31-27-,32-28-/t71-,72+,73+/m0/s1. The predicted molar refractivity (Wildman–Crippen MR) is 391 cm³/mol. The first-order valence-electron chi connectivity index (χ1n) is 39.2. The number of allylic oxidation sites excluding steroid dienone is 6. The van der Waals surface area contributed by atoms with Crippen molar-refractivity contribution in [2.45, 2.75) is 393 Å². The molecule has 0 rings (SSSR count). The largest absolute Gasteiger partial charge is 0.472 e. The Balaban J connectivity index is 5.30. The summed E-state index contributed by atoms with van der Waals surface area (Å²) in [5.41, 5.74) is 0. The molecule has 2 unspecified atom stereocenters. The number of rotatable bonds is 75. The quantitative estimate of drug-likeness (QED) is 0.0169. The molecule has 564 valence electrons. The number of esters is 4. The highest BCUT2D eigenvalue weighted by atomic mass is 31.2. The zero-order chi connectivity index (χ0) is 70.4. The van der Waals surface area contributed by atoms with Crippen molar-refractivity contribution in [1.29, 1.82) is 0 Å². The van der Waals surface area contributed by atoms with Gasteiger partial charge in [-0.1, -0.05) is 282 Å². The smallest absolute Gasteiger partial charge is 0.462 e. The van der Waals surface area contributed by atoms with Gasteiger partial charge in [0.1, 0.15) is 19.3 Å². The number of carbonyl (C=O) groups excluding carboxylic acids is 4. The third-order valence-electron chi connectivity index (χ3n) is 17.1. The fourth-order valence-electron chi connectivity index (χ4n) is 11.0. The van der Waals surface area contributed by atoms with E-state index in [4.69, 9.17) is 37.0 Å². The summed E-state index contributed by atoms with van der Waals surface area (Å²) in [6.45, 7) is 4.89. The summed E-state index contributed by atoms with van der Waals surface area (Å²) < 4.78 is 68.5. The molecule has 0 aromatic heterocycles. The lowest BCUT2D eigenvalue weighted by Gasteiger charge is -2.21. The maximum atomic E-state index is 13.1. The molecule has 5 atom stereocenters. The van der Waals surface area contributed by atoms with E-state index in [1.165, 1.54) is 148 Å². The van der Waals surface area contributed by atoms with Crippen LogP contribution in [0.15, 0.2) is 36.5 Å².